The molecule has 0 unspecified atom stereocenters. The average molecular weight is 375 g/mol. The number of hydrazone groups is 1. The van der Waals surface area contributed by atoms with Crippen molar-refractivity contribution in [1.29, 1.82) is 0 Å². The highest BCUT2D eigenvalue weighted by Gasteiger charge is 2.30. The van der Waals surface area contributed by atoms with Gasteiger partial charge in [-0.1, -0.05) is 12.1 Å². The first-order valence-corrected chi connectivity index (χ1v) is 7.89. The topological polar surface area (TPSA) is 55.7 Å². The summed E-state index contributed by atoms with van der Waals surface area (Å²) in [6, 6.07) is 11.5. The third-order valence-electron chi connectivity index (χ3n) is 3.91. The van der Waals surface area contributed by atoms with Crippen LogP contribution in [0.3, 0.4) is 0 Å². The van der Waals surface area contributed by atoms with Gasteiger partial charge < -0.3 is 9.47 Å². The normalized spacial score (nSPS) is 11.7. The van der Waals surface area contributed by atoms with Gasteiger partial charge in [0, 0.05) is 11.8 Å². The van der Waals surface area contributed by atoms with E-state index in [-0.39, 0.29) is 5.82 Å². The van der Waals surface area contributed by atoms with Gasteiger partial charge in [0.05, 0.1) is 26.0 Å². The molecule has 0 saturated carbocycles. The zero-order chi connectivity index (χ0) is 19.4. The Labute approximate surface area is 153 Å². The third kappa shape index (κ3) is 4.11. The maximum Gasteiger partial charge on any atom is 0.417 e. The first-order valence-electron chi connectivity index (χ1n) is 7.89. The Balaban J connectivity index is 1.89. The second kappa shape index (κ2) is 7.53. The van der Waals surface area contributed by atoms with Gasteiger partial charge in [-0.2, -0.15) is 18.3 Å². The van der Waals surface area contributed by atoms with Gasteiger partial charge in [-0.15, -0.1) is 0 Å². The molecule has 1 N–H and O–H groups in total. The molecule has 2 aromatic carbocycles. The van der Waals surface area contributed by atoms with Crippen LogP contribution in [0.5, 0.6) is 11.5 Å². The molecular formula is C19H16F3N3O2. The Bertz CT molecular complexity index is 965. The van der Waals surface area contributed by atoms with Gasteiger partial charge in [0.15, 0.2) is 0 Å². The molecule has 0 aliphatic heterocycles. The fourth-order valence-corrected chi connectivity index (χ4v) is 2.53. The second-order valence-electron chi connectivity index (χ2n) is 5.57. The second-order valence-corrected chi connectivity index (χ2v) is 5.57. The predicted octanol–water partition coefficient (Wildman–Crippen LogP) is 4.72. The number of hydrogen-bond acceptors (Lipinski definition) is 5. The van der Waals surface area contributed by atoms with E-state index in [4.69, 9.17) is 9.47 Å². The van der Waals surface area contributed by atoms with Gasteiger partial charge in [0.2, 0.25) is 0 Å². The number of rotatable bonds is 5. The highest BCUT2D eigenvalue weighted by Crippen LogP contribution is 2.30. The van der Waals surface area contributed by atoms with Crippen LogP contribution in [0.15, 0.2) is 53.8 Å². The lowest BCUT2D eigenvalue weighted by atomic mass is 10.0. The number of nitrogens with one attached hydrogen (secondary N) is 1. The highest BCUT2D eigenvalue weighted by molar-refractivity contribution is 6.03. The van der Waals surface area contributed by atoms with E-state index in [0.29, 0.717) is 17.1 Å². The third-order valence-corrected chi connectivity index (χ3v) is 3.91. The van der Waals surface area contributed by atoms with Crippen molar-refractivity contribution >= 4 is 22.8 Å². The smallest absolute Gasteiger partial charge is 0.417 e. The fraction of sp³-hybridized carbons (Fsp3) is 0.158. The van der Waals surface area contributed by atoms with Crippen molar-refractivity contribution in [2.75, 3.05) is 19.6 Å². The molecule has 0 amide bonds. The van der Waals surface area contributed by atoms with Crippen LogP contribution < -0.4 is 14.9 Å². The predicted molar refractivity (Wildman–Crippen MR) is 97.5 cm³/mol. The van der Waals surface area contributed by atoms with Gasteiger partial charge in [-0.05, 0) is 41.1 Å². The van der Waals surface area contributed by atoms with E-state index in [2.05, 4.69) is 15.5 Å². The maximum atomic E-state index is 12.6. The Morgan fingerprint density at radius 1 is 1.04 bits per heavy atom. The minimum absolute atomic E-state index is 0.191. The molecule has 140 valence electrons. The molecule has 3 rings (SSSR count). The van der Waals surface area contributed by atoms with E-state index >= 15 is 0 Å². The van der Waals surface area contributed by atoms with Gasteiger partial charge in [0.25, 0.3) is 0 Å². The number of ether oxygens (including phenoxy) is 2. The summed E-state index contributed by atoms with van der Waals surface area (Å²) < 4.78 is 48.4. The van der Waals surface area contributed by atoms with Crippen molar-refractivity contribution in [2.45, 2.75) is 6.18 Å². The standard InChI is InChI=1S/C19H16F3N3O2/c1-26-14-6-3-12-4-7-17(27-2)16(15(12)9-14)11-24-25-18-8-5-13(10-23-18)19(20,21)22/h3-11H,1-2H3,(H,23,25)/b24-11-. The van der Waals surface area contributed by atoms with Crippen LogP contribution in [-0.2, 0) is 6.18 Å². The minimum atomic E-state index is -4.43. The molecule has 0 aliphatic rings. The first kappa shape index (κ1) is 18.5. The van der Waals surface area contributed by atoms with Gasteiger partial charge in [-0.3, -0.25) is 5.43 Å². The van der Waals surface area contributed by atoms with Crippen molar-refractivity contribution in [2.24, 2.45) is 5.10 Å². The van der Waals surface area contributed by atoms with Gasteiger partial charge >= 0.3 is 6.18 Å². The molecule has 0 saturated heterocycles. The lowest BCUT2D eigenvalue weighted by Gasteiger charge is -2.10. The molecule has 1 aromatic heterocycles. The molecule has 0 spiro atoms. The van der Waals surface area contributed by atoms with Crippen molar-refractivity contribution in [3.05, 3.63) is 59.8 Å². The van der Waals surface area contributed by atoms with Crippen LogP contribution in [0.2, 0.25) is 0 Å². The number of alkyl halides is 3. The van der Waals surface area contributed by atoms with Crippen molar-refractivity contribution in [3.8, 4) is 11.5 Å². The lowest BCUT2D eigenvalue weighted by molar-refractivity contribution is -0.137. The molecule has 8 heteroatoms. The van der Waals surface area contributed by atoms with Gasteiger partial charge in [-0.25, -0.2) is 4.98 Å². The van der Waals surface area contributed by atoms with Crippen molar-refractivity contribution < 1.29 is 22.6 Å². The number of aromatic nitrogens is 1. The number of pyridine rings is 1. The van der Waals surface area contributed by atoms with E-state index in [0.717, 1.165) is 23.0 Å². The van der Waals surface area contributed by atoms with E-state index < -0.39 is 11.7 Å². The number of methoxy groups -OCH3 is 2. The van der Waals surface area contributed by atoms with Crippen LogP contribution in [0.1, 0.15) is 11.1 Å². The summed E-state index contributed by atoms with van der Waals surface area (Å²) in [5, 5.41) is 5.90. The van der Waals surface area contributed by atoms with Crippen molar-refractivity contribution in [3.63, 3.8) is 0 Å². The molecule has 0 fully saturated rings. The van der Waals surface area contributed by atoms with Crippen LogP contribution in [0, 0.1) is 0 Å². The van der Waals surface area contributed by atoms with Crippen LogP contribution in [0.4, 0.5) is 19.0 Å². The summed E-state index contributed by atoms with van der Waals surface area (Å²) >= 11 is 0. The summed E-state index contributed by atoms with van der Waals surface area (Å²) in [7, 11) is 3.12. The molecular weight excluding hydrogens is 359 g/mol. The summed E-state index contributed by atoms with van der Waals surface area (Å²) in [6.07, 6.45) is -2.15. The monoisotopic (exact) mass is 375 g/mol. The number of fused-ring (bicyclic) bond motifs is 1. The molecule has 5 nitrogen and oxygen atoms in total. The van der Waals surface area contributed by atoms with Crippen molar-refractivity contribution in [1.82, 2.24) is 4.98 Å². The summed E-state index contributed by atoms with van der Waals surface area (Å²) in [4.78, 5) is 3.71. The first-order chi connectivity index (χ1) is 12.9. The van der Waals surface area contributed by atoms with E-state index in [1.54, 1.807) is 14.2 Å². The molecule has 0 aliphatic carbocycles. The molecule has 0 atom stereocenters. The quantitative estimate of drug-likeness (QED) is 0.518. The Kier molecular flexibility index (Phi) is 5.16. The Morgan fingerprint density at radius 2 is 1.81 bits per heavy atom. The summed E-state index contributed by atoms with van der Waals surface area (Å²) in [5.74, 6) is 1.47. The minimum Gasteiger partial charge on any atom is -0.497 e. The van der Waals surface area contributed by atoms with E-state index in [1.165, 1.54) is 12.3 Å². The van der Waals surface area contributed by atoms with Gasteiger partial charge in [0.1, 0.15) is 17.3 Å². The highest BCUT2D eigenvalue weighted by atomic mass is 19.4. The molecule has 0 bridgehead atoms. The average Bonchev–Trinajstić information content (AvgIpc) is 2.67. The number of nitrogens with zero attached hydrogens (tertiary/aromatic N) is 2. The zero-order valence-corrected chi connectivity index (χ0v) is 14.5. The van der Waals surface area contributed by atoms with Crippen LogP contribution in [0.25, 0.3) is 10.8 Å². The van der Waals surface area contributed by atoms with E-state index in [9.17, 15) is 13.2 Å². The van der Waals surface area contributed by atoms with E-state index in [1.807, 2.05) is 30.3 Å². The number of anilines is 1. The molecule has 1 heterocycles. The van der Waals surface area contributed by atoms with Crippen LogP contribution in [-0.4, -0.2) is 25.4 Å². The Morgan fingerprint density at radius 3 is 2.44 bits per heavy atom. The molecule has 27 heavy (non-hydrogen) atoms. The fourth-order valence-electron chi connectivity index (χ4n) is 2.53. The molecule has 0 radical (unpaired) electrons. The summed E-state index contributed by atoms with van der Waals surface area (Å²) in [6.45, 7) is 0. The maximum absolute atomic E-state index is 12.6. The van der Waals surface area contributed by atoms with Crippen LogP contribution >= 0.6 is 0 Å². The SMILES string of the molecule is COc1ccc2ccc(OC)c(/C=N\Nc3ccc(C(F)(F)F)cn3)c2c1. The zero-order valence-electron chi connectivity index (χ0n) is 14.5. The summed E-state index contributed by atoms with van der Waals surface area (Å²) in [5.41, 5.74) is 2.50. The largest absolute Gasteiger partial charge is 0.497 e. The number of hydrogen-bond donors (Lipinski definition) is 1. The number of halogens is 3. The number of benzene rings is 2. The molecule has 3 aromatic rings. The lowest BCUT2D eigenvalue weighted by Crippen LogP contribution is -2.05. The Hall–Kier alpha value is -3.29.